The highest BCUT2D eigenvalue weighted by molar-refractivity contribution is 6.02. The molecule has 3 rings (SSSR count). The van der Waals surface area contributed by atoms with E-state index in [9.17, 15) is 4.79 Å². The standard InChI is InChI=1S/C14H13N3O2/c1-8-7-19-9(2)13(8)14(18)17-12-4-3-11(15)5-10(12)6-16-17/h3-7H,15H2,1-2H3. The Bertz CT molecular complexity index is 764. The molecule has 0 atom stereocenters. The van der Waals surface area contributed by atoms with E-state index in [1.54, 1.807) is 37.6 Å². The summed E-state index contributed by atoms with van der Waals surface area (Å²) in [6.07, 6.45) is 3.21. The third-order valence-corrected chi connectivity index (χ3v) is 3.16. The molecule has 0 aliphatic heterocycles. The van der Waals surface area contributed by atoms with Crippen LogP contribution in [-0.4, -0.2) is 15.7 Å². The van der Waals surface area contributed by atoms with E-state index in [4.69, 9.17) is 10.2 Å². The van der Waals surface area contributed by atoms with Gasteiger partial charge in [0.15, 0.2) is 0 Å². The minimum Gasteiger partial charge on any atom is -0.469 e. The van der Waals surface area contributed by atoms with Gasteiger partial charge in [0, 0.05) is 16.6 Å². The van der Waals surface area contributed by atoms with Gasteiger partial charge in [0.25, 0.3) is 5.91 Å². The second-order valence-electron chi connectivity index (χ2n) is 4.53. The number of fused-ring (bicyclic) bond motifs is 1. The average Bonchev–Trinajstić information content (AvgIpc) is 2.92. The van der Waals surface area contributed by atoms with Crippen molar-refractivity contribution in [3.05, 3.63) is 47.5 Å². The molecule has 2 heterocycles. The van der Waals surface area contributed by atoms with E-state index in [-0.39, 0.29) is 5.91 Å². The molecular formula is C14H13N3O2. The van der Waals surface area contributed by atoms with Crippen molar-refractivity contribution < 1.29 is 9.21 Å². The summed E-state index contributed by atoms with van der Waals surface area (Å²) in [5, 5.41) is 4.98. The first kappa shape index (κ1) is 11.5. The molecule has 5 heteroatoms. The van der Waals surface area contributed by atoms with E-state index in [1.807, 2.05) is 6.92 Å². The molecule has 0 bridgehead atoms. The molecule has 0 radical (unpaired) electrons. The fraction of sp³-hybridized carbons (Fsp3) is 0.143. The van der Waals surface area contributed by atoms with Crippen LogP contribution in [0.4, 0.5) is 5.69 Å². The molecular weight excluding hydrogens is 242 g/mol. The maximum absolute atomic E-state index is 12.5. The minimum atomic E-state index is -0.191. The Balaban J connectivity index is 2.17. The molecule has 5 nitrogen and oxygen atoms in total. The first-order chi connectivity index (χ1) is 9.08. The predicted molar refractivity (Wildman–Crippen MR) is 72.1 cm³/mol. The van der Waals surface area contributed by atoms with Gasteiger partial charge in [-0.1, -0.05) is 0 Å². The monoisotopic (exact) mass is 255 g/mol. The molecule has 0 fully saturated rings. The Labute approximate surface area is 109 Å². The molecule has 0 spiro atoms. The van der Waals surface area contributed by atoms with E-state index in [0.29, 0.717) is 17.0 Å². The molecule has 2 aromatic heterocycles. The van der Waals surface area contributed by atoms with Crippen LogP contribution in [0, 0.1) is 13.8 Å². The van der Waals surface area contributed by atoms with Crippen molar-refractivity contribution in [1.82, 2.24) is 9.78 Å². The molecule has 0 saturated carbocycles. The Morgan fingerprint density at radius 1 is 1.37 bits per heavy atom. The SMILES string of the molecule is Cc1coc(C)c1C(=O)n1ncc2cc(N)ccc21. The molecule has 0 unspecified atom stereocenters. The van der Waals surface area contributed by atoms with E-state index in [1.165, 1.54) is 4.68 Å². The lowest BCUT2D eigenvalue weighted by Crippen LogP contribution is -2.14. The van der Waals surface area contributed by atoms with Gasteiger partial charge in [-0.25, -0.2) is 0 Å². The Morgan fingerprint density at radius 3 is 2.84 bits per heavy atom. The minimum absolute atomic E-state index is 0.191. The fourth-order valence-corrected chi connectivity index (χ4v) is 2.21. The number of nitrogens with zero attached hydrogens (tertiary/aromatic N) is 2. The lowest BCUT2D eigenvalue weighted by atomic mass is 10.1. The van der Waals surface area contributed by atoms with Crippen LogP contribution in [0.1, 0.15) is 21.7 Å². The number of benzene rings is 1. The van der Waals surface area contributed by atoms with Crippen molar-refractivity contribution in [1.29, 1.82) is 0 Å². The molecule has 1 aromatic carbocycles. The number of hydrogen-bond donors (Lipinski definition) is 1. The van der Waals surface area contributed by atoms with Crippen LogP contribution >= 0.6 is 0 Å². The van der Waals surface area contributed by atoms with Gasteiger partial charge >= 0.3 is 0 Å². The molecule has 96 valence electrons. The number of aromatic nitrogens is 2. The summed E-state index contributed by atoms with van der Waals surface area (Å²) in [7, 11) is 0. The number of nitrogen functional groups attached to an aromatic ring is 1. The number of anilines is 1. The molecule has 19 heavy (non-hydrogen) atoms. The maximum atomic E-state index is 12.5. The lowest BCUT2D eigenvalue weighted by molar-refractivity contribution is 0.0948. The Hall–Kier alpha value is -2.56. The van der Waals surface area contributed by atoms with Crippen LogP contribution in [0.3, 0.4) is 0 Å². The second-order valence-corrected chi connectivity index (χ2v) is 4.53. The number of furan rings is 1. The van der Waals surface area contributed by atoms with E-state index in [2.05, 4.69) is 5.10 Å². The largest absolute Gasteiger partial charge is 0.469 e. The summed E-state index contributed by atoms with van der Waals surface area (Å²) in [5.41, 5.74) is 8.46. The zero-order valence-corrected chi connectivity index (χ0v) is 10.7. The number of carbonyl (C=O) groups is 1. The molecule has 2 N–H and O–H groups in total. The highest BCUT2D eigenvalue weighted by Crippen LogP contribution is 2.21. The van der Waals surface area contributed by atoms with Gasteiger partial charge in [-0.15, -0.1) is 0 Å². The Kier molecular flexibility index (Phi) is 2.41. The van der Waals surface area contributed by atoms with E-state index >= 15 is 0 Å². The normalized spacial score (nSPS) is 11.1. The highest BCUT2D eigenvalue weighted by atomic mass is 16.3. The summed E-state index contributed by atoms with van der Waals surface area (Å²) in [4.78, 5) is 12.5. The molecule has 0 amide bonds. The number of hydrogen-bond acceptors (Lipinski definition) is 4. The number of aryl methyl sites for hydroxylation is 2. The van der Waals surface area contributed by atoms with E-state index < -0.39 is 0 Å². The molecule has 3 aromatic rings. The summed E-state index contributed by atoms with van der Waals surface area (Å²) < 4.78 is 6.64. The van der Waals surface area contributed by atoms with E-state index in [0.717, 1.165) is 16.5 Å². The molecule has 0 saturated heterocycles. The third-order valence-electron chi connectivity index (χ3n) is 3.16. The second kappa shape index (κ2) is 3.98. The van der Waals surface area contributed by atoms with Gasteiger partial charge in [0.05, 0.1) is 23.5 Å². The van der Waals surface area contributed by atoms with Crippen molar-refractivity contribution in [2.45, 2.75) is 13.8 Å². The fourth-order valence-electron chi connectivity index (χ4n) is 2.21. The van der Waals surface area contributed by atoms with Crippen molar-refractivity contribution in [3.63, 3.8) is 0 Å². The van der Waals surface area contributed by atoms with Gasteiger partial charge in [-0.3, -0.25) is 4.79 Å². The van der Waals surface area contributed by atoms with Crippen molar-refractivity contribution in [3.8, 4) is 0 Å². The number of rotatable bonds is 1. The lowest BCUT2D eigenvalue weighted by Gasteiger charge is -2.03. The van der Waals surface area contributed by atoms with Crippen LogP contribution in [0.25, 0.3) is 10.9 Å². The van der Waals surface area contributed by atoms with Crippen LogP contribution in [0.15, 0.2) is 35.1 Å². The third kappa shape index (κ3) is 1.71. The Morgan fingerprint density at radius 2 is 2.16 bits per heavy atom. The van der Waals surface area contributed by atoms with Crippen molar-refractivity contribution in [2.24, 2.45) is 0 Å². The maximum Gasteiger partial charge on any atom is 0.282 e. The smallest absolute Gasteiger partial charge is 0.282 e. The summed E-state index contributed by atoms with van der Waals surface area (Å²) >= 11 is 0. The topological polar surface area (TPSA) is 74.0 Å². The van der Waals surface area contributed by atoms with Crippen molar-refractivity contribution >= 4 is 22.5 Å². The first-order valence-corrected chi connectivity index (χ1v) is 5.90. The predicted octanol–water partition coefficient (Wildman–Crippen LogP) is 2.52. The molecule has 0 aliphatic carbocycles. The highest BCUT2D eigenvalue weighted by Gasteiger charge is 2.19. The first-order valence-electron chi connectivity index (χ1n) is 5.90. The summed E-state index contributed by atoms with van der Waals surface area (Å²) in [6.45, 7) is 3.61. The van der Waals surface area contributed by atoms with Gasteiger partial charge in [-0.2, -0.15) is 9.78 Å². The molecule has 0 aliphatic rings. The quantitative estimate of drug-likeness (QED) is 0.678. The van der Waals surface area contributed by atoms with Gasteiger partial charge in [-0.05, 0) is 32.0 Å². The summed E-state index contributed by atoms with van der Waals surface area (Å²) in [5.74, 6) is 0.408. The van der Waals surface area contributed by atoms with Crippen LogP contribution in [0.5, 0.6) is 0 Å². The van der Waals surface area contributed by atoms with Gasteiger partial charge in [0.1, 0.15) is 5.76 Å². The van der Waals surface area contributed by atoms with Gasteiger partial charge in [0.2, 0.25) is 0 Å². The zero-order chi connectivity index (χ0) is 13.6. The van der Waals surface area contributed by atoms with Crippen molar-refractivity contribution in [2.75, 3.05) is 5.73 Å². The average molecular weight is 255 g/mol. The van der Waals surface area contributed by atoms with Crippen LogP contribution < -0.4 is 5.73 Å². The van der Waals surface area contributed by atoms with Crippen LogP contribution in [0.2, 0.25) is 0 Å². The van der Waals surface area contributed by atoms with Gasteiger partial charge < -0.3 is 10.2 Å². The van der Waals surface area contributed by atoms with Crippen LogP contribution in [-0.2, 0) is 0 Å². The summed E-state index contributed by atoms with van der Waals surface area (Å²) in [6, 6.07) is 5.34. The zero-order valence-electron chi connectivity index (χ0n) is 10.7. The number of carbonyl (C=O) groups excluding carboxylic acids is 1. The number of nitrogens with two attached hydrogens (primary N) is 1.